The van der Waals surface area contributed by atoms with Crippen molar-refractivity contribution in [3.8, 4) is 22.6 Å². The van der Waals surface area contributed by atoms with E-state index in [-0.39, 0.29) is 5.82 Å². The number of H-pyrrole nitrogens is 2. The second-order valence-corrected chi connectivity index (χ2v) is 8.05. The molecule has 0 aliphatic carbocycles. The highest BCUT2D eigenvalue weighted by molar-refractivity contribution is 5.96. The van der Waals surface area contributed by atoms with Gasteiger partial charge in [0.05, 0.1) is 16.4 Å². The van der Waals surface area contributed by atoms with Crippen molar-refractivity contribution in [2.75, 3.05) is 0 Å². The molecule has 2 aromatic carbocycles. The Balaban J connectivity index is 1.32. The third-order valence-electron chi connectivity index (χ3n) is 5.76. The van der Waals surface area contributed by atoms with Gasteiger partial charge in [-0.05, 0) is 41.5 Å². The van der Waals surface area contributed by atoms with Crippen molar-refractivity contribution in [3.05, 3.63) is 96.2 Å². The van der Waals surface area contributed by atoms with Crippen LogP contribution >= 0.6 is 0 Å². The number of halogens is 1. The normalized spacial score (nSPS) is 11.4. The molecular weight excluding hydrogens is 429 g/mol. The van der Waals surface area contributed by atoms with Crippen molar-refractivity contribution in [1.82, 2.24) is 35.5 Å². The first-order valence-electron chi connectivity index (χ1n) is 10.9. The van der Waals surface area contributed by atoms with Gasteiger partial charge in [-0.15, -0.1) is 0 Å². The van der Waals surface area contributed by atoms with E-state index in [4.69, 9.17) is 0 Å². The van der Waals surface area contributed by atoms with E-state index in [1.807, 2.05) is 42.5 Å². The number of benzene rings is 2. The van der Waals surface area contributed by atoms with E-state index in [0.29, 0.717) is 45.7 Å². The molecule has 0 atom stereocenters. The number of fused-ring (bicyclic) bond motifs is 2. The fourth-order valence-electron chi connectivity index (χ4n) is 4.10. The van der Waals surface area contributed by atoms with Gasteiger partial charge >= 0.3 is 0 Å². The van der Waals surface area contributed by atoms with E-state index in [9.17, 15) is 0 Å². The minimum absolute atomic E-state index is 0.370. The van der Waals surface area contributed by atoms with Crippen LogP contribution in [0, 0.1) is 5.82 Å². The monoisotopic (exact) mass is 449 g/mol. The lowest BCUT2D eigenvalue weighted by molar-refractivity contribution is 0.643. The summed E-state index contributed by atoms with van der Waals surface area (Å²) in [6.45, 7) is 1.37. The maximum Gasteiger partial charge on any atom is 0.178 e. The lowest BCUT2D eigenvalue weighted by atomic mass is 10.0. The van der Waals surface area contributed by atoms with Gasteiger partial charge in [0.2, 0.25) is 0 Å². The molecule has 0 saturated heterocycles. The molecule has 3 N–H and O–H groups in total. The highest BCUT2D eigenvalue weighted by Gasteiger charge is 2.19. The fourth-order valence-corrected chi connectivity index (χ4v) is 4.10. The van der Waals surface area contributed by atoms with E-state index < -0.39 is 0 Å². The molecule has 0 spiro atoms. The van der Waals surface area contributed by atoms with Crippen molar-refractivity contribution in [3.63, 3.8) is 0 Å². The number of rotatable bonds is 6. The molecule has 0 radical (unpaired) electrons. The molecule has 0 bridgehead atoms. The predicted octanol–water partition coefficient (Wildman–Crippen LogP) is 4.99. The van der Waals surface area contributed by atoms with Crippen molar-refractivity contribution in [2.24, 2.45) is 0 Å². The van der Waals surface area contributed by atoms with Gasteiger partial charge in [-0.3, -0.25) is 10.1 Å². The summed E-state index contributed by atoms with van der Waals surface area (Å²) in [5.41, 5.74) is 5.69. The zero-order valence-electron chi connectivity index (χ0n) is 18.1. The second-order valence-electron chi connectivity index (χ2n) is 8.05. The number of imidazole rings is 1. The average molecular weight is 449 g/mol. The smallest absolute Gasteiger partial charge is 0.178 e. The Labute approximate surface area is 194 Å². The van der Waals surface area contributed by atoms with Crippen LogP contribution in [0.25, 0.3) is 44.7 Å². The second kappa shape index (κ2) is 8.49. The van der Waals surface area contributed by atoms with Gasteiger partial charge in [0.15, 0.2) is 11.5 Å². The predicted molar refractivity (Wildman–Crippen MR) is 129 cm³/mol. The van der Waals surface area contributed by atoms with E-state index in [1.165, 1.54) is 5.56 Å². The summed E-state index contributed by atoms with van der Waals surface area (Å²) in [4.78, 5) is 16.3. The number of pyridine rings is 2. The lowest BCUT2D eigenvalue weighted by Crippen LogP contribution is -2.12. The zero-order chi connectivity index (χ0) is 22.9. The Hall–Kier alpha value is -4.43. The number of hydrogen-bond donors (Lipinski definition) is 3. The van der Waals surface area contributed by atoms with Gasteiger partial charge < -0.3 is 10.3 Å². The molecule has 7 nitrogen and oxygen atoms in total. The summed E-state index contributed by atoms with van der Waals surface area (Å²) in [6.07, 6.45) is 5.14. The van der Waals surface area contributed by atoms with Crippen LogP contribution in [0.1, 0.15) is 11.1 Å². The first-order chi connectivity index (χ1) is 16.8. The van der Waals surface area contributed by atoms with Crippen LogP contribution in [0.4, 0.5) is 4.39 Å². The van der Waals surface area contributed by atoms with E-state index >= 15 is 4.39 Å². The van der Waals surface area contributed by atoms with Gasteiger partial charge in [-0.25, -0.2) is 14.4 Å². The maximum atomic E-state index is 15.8. The van der Waals surface area contributed by atoms with Gasteiger partial charge in [0.25, 0.3) is 0 Å². The zero-order valence-corrected chi connectivity index (χ0v) is 18.1. The first kappa shape index (κ1) is 20.2. The van der Waals surface area contributed by atoms with Crippen LogP contribution in [-0.4, -0.2) is 30.1 Å². The first-order valence-corrected chi connectivity index (χ1v) is 10.9. The number of nitrogens with zero attached hydrogens (tertiary/aromatic N) is 4. The molecule has 4 heterocycles. The Morgan fingerprint density at radius 3 is 2.65 bits per heavy atom. The molecule has 4 aromatic heterocycles. The van der Waals surface area contributed by atoms with Crippen molar-refractivity contribution in [2.45, 2.75) is 13.1 Å². The number of aromatic nitrogens is 6. The van der Waals surface area contributed by atoms with Gasteiger partial charge in [-0.1, -0.05) is 30.3 Å². The Morgan fingerprint density at radius 2 is 1.76 bits per heavy atom. The lowest BCUT2D eigenvalue weighted by Gasteiger charge is -2.09. The molecule has 166 valence electrons. The summed E-state index contributed by atoms with van der Waals surface area (Å²) in [5.74, 6) is 0.0962. The summed E-state index contributed by atoms with van der Waals surface area (Å²) in [5, 5.41) is 11.0. The molecule has 6 aromatic rings. The molecule has 8 heteroatoms. The highest BCUT2D eigenvalue weighted by atomic mass is 19.1. The summed E-state index contributed by atoms with van der Waals surface area (Å²) in [7, 11) is 0. The quantitative estimate of drug-likeness (QED) is 0.333. The highest BCUT2D eigenvalue weighted by Crippen LogP contribution is 2.33. The molecular formula is C26H20FN7. The summed E-state index contributed by atoms with van der Waals surface area (Å²) < 4.78 is 15.8. The van der Waals surface area contributed by atoms with Gasteiger partial charge in [0.1, 0.15) is 11.5 Å². The van der Waals surface area contributed by atoms with E-state index in [2.05, 4.69) is 47.6 Å². The van der Waals surface area contributed by atoms with Crippen molar-refractivity contribution < 1.29 is 4.39 Å². The van der Waals surface area contributed by atoms with Crippen LogP contribution in [0.15, 0.2) is 79.3 Å². The molecule has 0 aliphatic heterocycles. The SMILES string of the molecule is Fc1c(-c2cncc(CNCc3ccccc3)c2)ccc2[nH]nc(-c3nc4ncccc4[nH]3)c12. The summed E-state index contributed by atoms with van der Waals surface area (Å²) >= 11 is 0. The Morgan fingerprint density at radius 1 is 0.882 bits per heavy atom. The van der Waals surface area contributed by atoms with Crippen LogP contribution in [0.3, 0.4) is 0 Å². The molecule has 6 rings (SSSR count). The van der Waals surface area contributed by atoms with Crippen LogP contribution in [0.2, 0.25) is 0 Å². The molecule has 0 amide bonds. The maximum absolute atomic E-state index is 15.8. The molecule has 0 saturated carbocycles. The van der Waals surface area contributed by atoms with Crippen LogP contribution < -0.4 is 5.32 Å². The largest absolute Gasteiger partial charge is 0.335 e. The molecule has 34 heavy (non-hydrogen) atoms. The van der Waals surface area contributed by atoms with E-state index in [0.717, 1.165) is 17.6 Å². The number of nitrogens with one attached hydrogen (secondary N) is 3. The minimum atomic E-state index is -0.370. The fraction of sp³-hybridized carbons (Fsp3) is 0.0769. The third kappa shape index (κ3) is 3.70. The summed E-state index contributed by atoms with van der Waals surface area (Å²) in [6, 6.07) is 19.4. The van der Waals surface area contributed by atoms with Crippen molar-refractivity contribution >= 4 is 22.1 Å². The average Bonchev–Trinajstić information content (AvgIpc) is 3.50. The van der Waals surface area contributed by atoms with Crippen molar-refractivity contribution in [1.29, 1.82) is 0 Å². The Bertz CT molecular complexity index is 1570. The molecule has 0 aliphatic rings. The molecule has 0 unspecified atom stereocenters. The van der Waals surface area contributed by atoms with Gasteiger partial charge in [-0.2, -0.15) is 5.10 Å². The minimum Gasteiger partial charge on any atom is -0.335 e. The Kier molecular flexibility index (Phi) is 5.04. The molecule has 0 fully saturated rings. The number of aromatic amines is 2. The van der Waals surface area contributed by atoms with Gasteiger partial charge in [0, 0.05) is 42.8 Å². The standard InChI is InChI=1S/C26H20FN7/c27-23-19(18-11-17(14-29-15-18)13-28-12-16-5-2-1-3-6-16)8-9-20-22(23)24(34-33-20)26-31-21-7-4-10-30-25(21)32-26/h1-11,14-15,28H,12-13H2,(H,33,34)(H,30,31,32). The van der Waals surface area contributed by atoms with E-state index in [1.54, 1.807) is 24.7 Å². The number of hydrogen-bond acceptors (Lipinski definition) is 5. The van der Waals surface area contributed by atoms with Crippen LogP contribution in [-0.2, 0) is 13.1 Å². The topological polar surface area (TPSA) is 95.2 Å². The van der Waals surface area contributed by atoms with Crippen LogP contribution in [0.5, 0.6) is 0 Å². The third-order valence-corrected chi connectivity index (χ3v) is 5.76.